The summed E-state index contributed by atoms with van der Waals surface area (Å²) in [6.45, 7) is 6.36. The molecule has 2 N–H and O–H groups in total. The Kier molecular flexibility index (Phi) is 4.22. The van der Waals surface area contributed by atoms with Crippen LogP contribution < -0.4 is 5.32 Å². The molecule has 138 valence electrons. The number of aryl methyl sites for hydroxylation is 3. The normalized spacial score (nSPS) is 11.4. The van der Waals surface area contributed by atoms with E-state index in [-0.39, 0.29) is 11.7 Å². The molecule has 1 amide bonds. The number of carbonyl (C=O) groups is 1. The van der Waals surface area contributed by atoms with E-state index < -0.39 is 0 Å². The third kappa shape index (κ3) is 2.99. The summed E-state index contributed by atoms with van der Waals surface area (Å²) in [5.41, 5.74) is 5.66. The Morgan fingerprint density at radius 2 is 1.93 bits per heavy atom. The minimum atomic E-state index is -0.268. The van der Waals surface area contributed by atoms with Gasteiger partial charge >= 0.3 is 0 Å². The van der Waals surface area contributed by atoms with Crippen LogP contribution in [0.1, 0.15) is 32.8 Å². The van der Waals surface area contributed by atoms with Crippen molar-refractivity contribution in [1.29, 1.82) is 0 Å². The molecule has 0 saturated carbocycles. The van der Waals surface area contributed by atoms with E-state index in [0.29, 0.717) is 18.7 Å². The van der Waals surface area contributed by atoms with E-state index in [1.807, 2.05) is 39.1 Å². The van der Waals surface area contributed by atoms with Crippen molar-refractivity contribution in [3.63, 3.8) is 0 Å². The molecule has 0 fully saturated rings. The molecule has 0 saturated heterocycles. The summed E-state index contributed by atoms with van der Waals surface area (Å²) in [7, 11) is 0. The van der Waals surface area contributed by atoms with Gasteiger partial charge in [-0.2, -0.15) is 0 Å². The average molecular weight is 364 g/mol. The zero-order valence-corrected chi connectivity index (χ0v) is 15.6. The summed E-state index contributed by atoms with van der Waals surface area (Å²) in [5, 5.41) is 4.72. The largest absolute Gasteiger partial charge is 0.450 e. The van der Waals surface area contributed by atoms with Gasteiger partial charge in [0.05, 0.1) is 0 Å². The lowest BCUT2D eigenvalue weighted by atomic mass is 10.0. The summed E-state index contributed by atoms with van der Waals surface area (Å²) in [6.07, 6.45) is 2.46. The molecule has 0 aliphatic carbocycles. The predicted octanol–water partition coefficient (Wildman–Crippen LogP) is 4.95. The van der Waals surface area contributed by atoms with Gasteiger partial charge in [0.25, 0.3) is 5.91 Å². The molecule has 27 heavy (non-hydrogen) atoms. The summed E-state index contributed by atoms with van der Waals surface area (Å²) < 4.78 is 19.4. The SMILES string of the molecule is Cc1ccc2c(C)c(C(=O)NCCc3c[nH]c4ccc(F)cc34)oc2c1C. The fraction of sp³-hybridized carbons (Fsp3) is 0.227. The molecule has 5 heteroatoms. The smallest absolute Gasteiger partial charge is 0.287 e. The van der Waals surface area contributed by atoms with Crippen molar-refractivity contribution in [2.24, 2.45) is 0 Å². The second-order valence-electron chi connectivity index (χ2n) is 6.95. The highest BCUT2D eigenvalue weighted by atomic mass is 19.1. The molecule has 2 aromatic carbocycles. The third-order valence-electron chi connectivity index (χ3n) is 5.24. The first-order chi connectivity index (χ1) is 13.0. The van der Waals surface area contributed by atoms with Crippen LogP contribution in [0.25, 0.3) is 21.9 Å². The van der Waals surface area contributed by atoms with Crippen LogP contribution in [0, 0.1) is 26.6 Å². The van der Waals surface area contributed by atoms with Gasteiger partial charge in [-0.05, 0) is 62.1 Å². The zero-order valence-electron chi connectivity index (χ0n) is 15.6. The second-order valence-corrected chi connectivity index (χ2v) is 6.95. The maximum Gasteiger partial charge on any atom is 0.287 e. The lowest BCUT2D eigenvalue weighted by Gasteiger charge is -2.04. The molecule has 0 unspecified atom stereocenters. The van der Waals surface area contributed by atoms with Gasteiger partial charge in [0.2, 0.25) is 0 Å². The Balaban J connectivity index is 1.51. The van der Waals surface area contributed by atoms with E-state index in [9.17, 15) is 9.18 Å². The van der Waals surface area contributed by atoms with Crippen LogP contribution in [-0.4, -0.2) is 17.4 Å². The molecule has 4 aromatic rings. The Hall–Kier alpha value is -3.08. The first-order valence-corrected chi connectivity index (χ1v) is 8.98. The van der Waals surface area contributed by atoms with Gasteiger partial charge in [-0.15, -0.1) is 0 Å². The molecule has 0 spiro atoms. The first-order valence-electron chi connectivity index (χ1n) is 8.98. The molecule has 0 radical (unpaired) electrons. The molecule has 4 rings (SSSR count). The standard InChI is InChI=1S/C22H21FN2O2/c1-12-4-6-17-14(3)21(27-20(17)13(12)2)22(26)24-9-8-15-11-25-19-7-5-16(23)10-18(15)19/h4-7,10-11,25H,8-9H2,1-3H3,(H,24,26). The van der Waals surface area contributed by atoms with E-state index >= 15 is 0 Å². The molecule has 0 aliphatic rings. The Bertz CT molecular complexity index is 1170. The lowest BCUT2D eigenvalue weighted by Crippen LogP contribution is -2.25. The molecule has 0 aliphatic heterocycles. The molecule has 0 atom stereocenters. The molecule has 4 nitrogen and oxygen atoms in total. The van der Waals surface area contributed by atoms with E-state index in [4.69, 9.17) is 4.42 Å². The number of carbonyl (C=O) groups excluding carboxylic acids is 1. The maximum absolute atomic E-state index is 13.5. The summed E-state index contributed by atoms with van der Waals surface area (Å²) in [4.78, 5) is 15.7. The van der Waals surface area contributed by atoms with Crippen LogP contribution in [-0.2, 0) is 6.42 Å². The van der Waals surface area contributed by atoms with Gasteiger partial charge in [-0.3, -0.25) is 4.79 Å². The molecular weight excluding hydrogens is 343 g/mol. The highest BCUT2D eigenvalue weighted by Gasteiger charge is 2.19. The van der Waals surface area contributed by atoms with E-state index in [2.05, 4.69) is 10.3 Å². The van der Waals surface area contributed by atoms with Crippen LogP contribution in [0.3, 0.4) is 0 Å². The van der Waals surface area contributed by atoms with Crippen molar-refractivity contribution in [1.82, 2.24) is 10.3 Å². The molecular formula is C22H21FN2O2. The van der Waals surface area contributed by atoms with Crippen molar-refractivity contribution in [3.05, 3.63) is 70.4 Å². The number of H-pyrrole nitrogens is 1. The first kappa shape index (κ1) is 17.3. The Morgan fingerprint density at radius 3 is 2.74 bits per heavy atom. The number of aromatic nitrogens is 1. The van der Waals surface area contributed by atoms with Crippen molar-refractivity contribution in [2.45, 2.75) is 27.2 Å². The van der Waals surface area contributed by atoms with Gasteiger partial charge in [0.1, 0.15) is 11.4 Å². The van der Waals surface area contributed by atoms with Crippen LogP contribution in [0.15, 0.2) is 40.9 Å². The number of hydrogen-bond acceptors (Lipinski definition) is 2. The van der Waals surface area contributed by atoms with Crippen molar-refractivity contribution in [2.75, 3.05) is 6.54 Å². The fourth-order valence-corrected chi connectivity index (χ4v) is 3.48. The number of nitrogens with one attached hydrogen (secondary N) is 2. The number of rotatable bonds is 4. The summed E-state index contributed by atoms with van der Waals surface area (Å²) in [6, 6.07) is 8.69. The fourth-order valence-electron chi connectivity index (χ4n) is 3.48. The Morgan fingerprint density at radius 1 is 1.11 bits per heavy atom. The predicted molar refractivity (Wildman–Crippen MR) is 105 cm³/mol. The minimum absolute atomic E-state index is 0.230. The van der Waals surface area contributed by atoms with Gasteiger partial charge in [-0.1, -0.05) is 12.1 Å². The number of amides is 1. The van der Waals surface area contributed by atoms with Gasteiger partial charge in [-0.25, -0.2) is 4.39 Å². The third-order valence-corrected chi connectivity index (χ3v) is 5.24. The summed E-state index contributed by atoms with van der Waals surface area (Å²) in [5.74, 6) is -0.147. The highest BCUT2D eigenvalue weighted by molar-refractivity contribution is 5.99. The van der Waals surface area contributed by atoms with E-state index in [0.717, 1.165) is 44.1 Å². The maximum atomic E-state index is 13.5. The van der Waals surface area contributed by atoms with Gasteiger partial charge in [0, 0.05) is 34.6 Å². The minimum Gasteiger partial charge on any atom is -0.450 e. The highest BCUT2D eigenvalue weighted by Crippen LogP contribution is 2.29. The molecule has 2 aromatic heterocycles. The van der Waals surface area contributed by atoms with Crippen molar-refractivity contribution in [3.8, 4) is 0 Å². The number of benzene rings is 2. The van der Waals surface area contributed by atoms with Gasteiger partial charge in [0.15, 0.2) is 5.76 Å². The van der Waals surface area contributed by atoms with Crippen LogP contribution in [0.5, 0.6) is 0 Å². The monoisotopic (exact) mass is 364 g/mol. The lowest BCUT2D eigenvalue weighted by molar-refractivity contribution is 0.0927. The van der Waals surface area contributed by atoms with Crippen LogP contribution in [0.4, 0.5) is 4.39 Å². The summed E-state index contributed by atoms with van der Waals surface area (Å²) >= 11 is 0. The number of aromatic amines is 1. The van der Waals surface area contributed by atoms with Crippen LogP contribution >= 0.6 is 0 Å². The Labute approximate surface area is 156 Å². The van der Waals surface area contributed by atoms with Crippen molar-refractivity contribution >= 4 is 27.8 Å². The number of hydrogen-bond donors (Lipinski definition) is 2. The second kappa shape index (κ2) is 6.58. The average Bonchev–Trinajstić information content (AvgIpc) is 3.20. The van der Waals surface area contributed by atoms with Crippen molar-refractivity contribution < 1.29 is 13.6 Å². The van der Waals surface area contributed by atoms with E-state index in [1.165, 1.54) is 12.1 Å². The molecule has 2 heterocycles. The number of furan rings is 1. The number of fused-ring (bicyclic) bond motifs is 2. The van der Waals surface area contributed by atoms with Gasteiger partial charge < -0.3 is 14.7 Å². The zero-order chi connectivity index (χ0) is 19.1. The van der Waals surface area contributed by atoms with E-state index in [1.54, 1.807) is 6.07 Å². The van der Waals surface area contributed by atoms with Crippen LogP contribution in [0.2, 0.25) is 0 Å². The quantitative estimate of drug-likeness (QED) is 0.538. The molecule has 0 bridgehead atoms. The number of halogens is 1. The topological polar surface area (TPSA) is 58.0 Å².